The Labute approximate surface area is 107 Å². The molecule has 1 aromatic heterocycles. The minimum absolute atomic E-state index is 0.0588. The molecule has 0 aliphatic rings. The van der Waals surface area contributed by atoms with Crippen molar-refractivity contribution in [2.24, 2.45) is 0 Å². The number of nitrogens with zero attached hydrogens (tertiary/aromatic N) is 2. The second-order valence-corrected chi connectivity index (χ2v) is 3.97. The van der Waals surface area contributed by atoms with Gasteiger partial charge in [0.05, 0.1) is 23.1 Å². The largest absolute Gasteiger partial charge is 0.352 e. The van der Waals surface area contributed by atoms with Crippen molar-refractivity contribution in [2.45, 2.75) is 20.3 Å². The van der Waals surface area contributed by atoms with E-state index in [1.165, 1.54) is 0 Å². The van der Waals surface area contributed by atoms with Crippen LogP contribution in [0, 0.1) is 0 Å². The first kappa shape index (κ1) is 12.4. The van der Waals surface area contributed by atoms with E-state index in [2.05, 4.69) is 10.4 Å². The molecule has 4 nitrogen and oxygen atoms in total. The molecular formula is C14H17N3O. The van der Waals surface area contributed by atoms with Crippen molar-refractivity contribution in [1.29, 1.82) is 0 Å². The summed E-state index contributed by atoms with van der Waals surface area (Å²) in [5.74, 6) is -0.0588. The van der Waals surface area contributed by atoms with E-state index in [0.29, 0.717) is 12.1 Å². The smallest absolute Gasteiger partial charge is 0.254 e. The summed E-state index contributed by atoms with van der Waals surface area (Å²) >= 11 is 0. The molecule has 0 saturated heterocycles. The van der Waals surface area contributed by atoms with Crippen LogP contribution in [0.5, 0.6) is 0 Å². The number of hydrogen-bond acceptors (Lipinski definition) is 2. The maximum Gasteiger partial charge on any atom is 0.254 e. The Bertz CT molecular complexity index is 531. The third kappa shape index (κ3) is 2.27. The lowest BCUT2D eigenvalue weighted by molar-refractivity contribution is 0.0955. The van der Waals surface area contributed by atoms with E-state index in [-0.39, 0.29) is 5.91 Å². The summed E-state index contributed by atoms with van der Waals surface area (Å²) in [4.78, 5) is 11.9. The average molecular weight is 243 g/mol. The van der Waals surface area contributed by atoms with Gasteiger partial charge in [-0.2, -0.15) is 5.10 Å². The van der Waals surface area contributed by atoms with Gasteiger partial charge in [-0.1, -0.05) is 25.1 Å². The highest BCUT2D eigenvalue weighted by Gasteiger charge is 2.16. The lowest BCUT2D eigenvalue weighted by Gasteiger charge is -2.07. The number of para-hydroxylation sites is 1. The maximum atomic E-state index is 11.9. The number of hydrogen-bond donors (Lipinski definition) is 1. The highest BCUT2D eigenvalue weighted by Crippen LogP contribution is 2.15. The fraction of sp³-hybridized carbons (Fsp3) is 0.286. The minimum Gasteiger partial charge on any atom is -0.352 e. The highest BCUT2D eigenvalue weighted by atomic mass is 16.1. The van der Waals surface area contributed by atoms with Gasteiger partial charge in [-0.05, 0) is 25.5 Å². The van der Waals surface area contributed by atoms with Crippen molar-refractivity contribution < 1.29 is 4.79 Å². The summed E-state index contributed by atoms with van der Waals surface area (Å²) in [6.45, 7) is 4.56. The van der Waals surface area contributed by atoms with E-state index in [1.54, 1.807) is 6.20 Å². The molecule has 0 aliphatic carbocycles. The molecule has 1 heterocycles. The standard InChI is InChI=1S/C14H17N3O/c1-3-13-12(14(18)15-4-2)10-16-17(13)11-8-6-5-7-9-11/h5-10H,3-4H2,1-2H3,(H,15,18). The van der Waals surface area contributed by atoms with E-state index in [9.17, 15) is 4.79 Å². The lowest BCUT2D eigenvalue weighted by Crippen LogP contribution is -2.23. The first-order valence-corrected chi connectivity index (χ1v) is 6.18. The second-order valence-electron chi connectivity index (χ2n) is 3.97. The highest BCUT2D eigenvalue weighted by molar-refractivity contribution is 5.95. The molecular weight excluding hydrogens is 226 g/mol. The van der Waals surface area contributed by atoms with Gasteiger partial charge in [0, 0.05) is 6.54 Å². The predicted octanol–water partition coefficient (Wildman–Crippen LogP) is 2.18. The van der Waals surface area contributed by atoms with Crippen LogP contribution in [0.2, 0.25) is 0 Å². The van der Waals surface area contributed by atoms with Gasteiger partial charge < -0.3 is 5.32 Å². The molecule has 0 radical (unpaired) electrons. The van der Waals surface area contributed by atoms with Crippen LogP contribution in [0.25, 0.3) is 5.69 Å². The van der Waals surface area contributed by atoms with Gasteiger partial charge in [0.25, 0.3) is 5.91 Å². The number of amides is 1. The molecule has 18 heavy (non-hydrogen) atoms. The van der Waals surface area contributed by atoms with E-state index < -0.39 is 0 Å². The molecule has 1 N–H and O–H groups in total. The van der Waals surface area contributed by atoms with Crippen molar-refractivity contribution in [3.05, 3.63) is 47.8 Å². The van der Waals surface area contributed by atoms with Crippen LogP contribution < -0.4 is 5.32 Å². The van der Waals surface area contributed by atoms with Crippen molar-refractivity contribution in [3.63, 3.8) is 0 Å². The molecule has 1 amide bonds. The predicted molar refractivity (Wildman–Crippen MR) is 70.9 cm³/mol. The number of rotatable bonds is 4. The van der Waals surface area contributed by atoms with Crippen LogP contribution in [0.4, 0.5) is 0 Å². The Balaban J connectivity index is 2.42. The van der Waals surface area contributed by atoms with E-state index in [1.807, 2.05) is 48.9 Å². The zero-order valence-electron chi connectivity index (χ0n) is 10.7. The molecule has 94 valence electrons. The van der Waals surface area contributed by atoms with Crippen molar-refractivity contribution in [1.82, 2.24) is 15.1 Å². The monoisotopic (exact) mass is 243 g/mol. The topological polar surface area (TPSA) is 46.9 Å². The first-order valence-electron chi connectivity index (χ1n) is 6.18. The fourth-order valence-electron chi connectivity index (χ4n) is 1.95. The van der Waals surface area contributed by atoms with Crippen molar-refractivity contribution in [2.75, 3.05) is 6.54 Å². The van der Waals surface area contributed by atoms with Crippen LogP contribution in [-0.2, 0) is 6.42 Å². The average Bonchev–Trinajstić information content (AvgIpc) is 2.83. The van der Waals surface area contributed by atoms with Crippen molar-refractivity contribution in [3.8, 4) is 5.69 Å². The third-order valence-corrected chi connectivity index (χ3v) is 2.79. The Morgan fingerprint density at radius 1 is 1.28 bits per heavy atom. The zero-order chi connectivity index (χ0) is 13.0. The molecule has 1 aromatic carbocycles. The molecule has 4 heteroatoms. The number of carbonyl (C=O) groups is 1. The summed E-state index contributed by atoms with van der Waals surface area (Å²) < 4.78 is 1.82. The van der Waals surface area contributed by atoms with Gasteiger partial charge in [0.2, 0.25) is 0 Å². The van der Waals surface area contributed by atoms with Gasteiger partial charge in [0.15, 0.2) is 0 Å². The maximum absolute atomic E-state index is 11.9. The minimum atomic E-state index is -0.0588. The Morgan fingerprint density at radius 3 is 2.61 bits per heavy atom. The zero-order valence-corrected chi connectivity index (χ0v) is 10.7. The molecule has 0 spiro atoms. The second kappa shape index (κ2) is 5.49. The van der Waals surface area contributed by atoms with Gasteiger partial charge in [-0.25, -0.2) is 4.68 Å². The number of aromatic nitrogens is 2. The van der Waals surface area contributed by atoms with Gasteiger partial charge in [-0.15, -0.1) is 0 Å². The van der Waals surface area contributed by atoms with Gasteiger partial charge in [0.1, 0.15) is 0 Å². The van der Waals surface area contributed by atoms with Crippen molar-refractivity contribution >= 4 is 5.91 Å². The molecule has 2 rings (SSSR count). The Hall–Kier alpha value is -2.10. The SMILES string of the molecule is CCNC(=O)c1cnn(-c2ccccc2)c1CC. The summed E-state index contributed by atoms with van der Waals surface area (Å²) in [6, 6.07) is 9.84. The molecule has 0 saturated carbocycles. The number of benzene rings is 1. The van der Waals surface area contributed by atoms with Crippen LogP contribution in [0.1, 0.15) is 29.9 Å². The summed E-state index contributed by atoms with van der Waals surface area (Å²) in [6.07, 6.45) is 2.40. The normalized spacial score (nSPS) is 10.3. The Morgan fingerprint density at radius 2 is 2.00 bits per heavy atom. The van der Waals surface area contributed by atoms with E-state index in [0.717, 1.165) is 17.8 Å². The quantitative estimate of drug-likeness (QED) is 0.894. The van der Waals surface area contributed by atoms with Crippen LogP contribution >= 0.6 is 0 Å². The van der Waals surface area contributed by atoms with Crippen LogP contribution in [0.3, 0.4) is 0 Å². The number of carbonyl (C=O) groups excluding carboxylic acids is 1. The summed E-state index contributed by atoms with van der Waals surface area (Å²) in [5.41, 5.74) is 2.57. The molecule has 0 aliphatic heterocycles. The third-order valence-electron chi connectivity index (χ3n) is 2.79. The number of nitrogens with one attached hydrogen (secondary N) is 1. The van der Waals surface area contributed by atoms with Crippen LogP contribution in [0.15, 0.2) is 36.5 Å². The molecule has 0 unspecified atom stereocenters. The fourth-order valence-corrected chi connectivity index (χ4v) is 1.95. The van der Waals surface area contributed by atoms with Gasteiger partial charge in [-0.3, -0.25) is 4.79 Å². The summed E-state index contributed by atoms with van der Waals surface area (Å²) in [5, 5.41) is 7.13. The Kier molecular flexibility index (Phi) is 3.77. The lowest BCUT2D eigenvalue weighted by atomic mass is 10.2. The first-order chi connectivity index (χ1) is 8.77. The van der Waals surface area contributed by atoms with E-state index >= 15 is 0 Å². The van der Waals surface area contributed by atoms with Gasteiger partial charge >= 0.3 is 0 Å². The molecule has 0 bridgehead atoms. The van der Waals surface area contributed by atoms with Crippen LogP contribution in [-0.4, -0.2) is 22.2 Å². The molecule has 2 aromatic rings. The molecule has 0 atom stereocenters. The van der Waals surface area contributed by atoms with E-state index in [4.69, 9.17) is 0 Å². The summed E-state index contributed by atoms with van der Waals surface area (Å²) in [7, 11) is 0. The molecule has 0 fully saturated rings.